The second-order valence-electron chi connectivity index (χ2n) is 7.33. The molecular formula is C19H21F3N4O5. The van der Waals surface area contributed by atoms with Crippen LogP contribution in [0.1, 0.15) is 23.3 Å². The maximum absolute atomic E-state index is 12.5. The van der Waals surface area contributed by atoms with Crippen molar-refractivity contribution in [2.75, 3.05) is 19.7 Å². The highest BCUT2D eigenvalue weighted by Crippen LogP contribution is 2.37. The smallest absolute Gasteiger partial charge is 0.486 e. The molecule has 0 radical (unpaired) electrons. The highest BCUT2D eigenvalue weighted by Gasteiger charge is 2.47. The fourth-order valence-electron chi connectivity index (χ4n) is 3.48. The number of hydrogen-bond acceptors (Lipinski definition) is 6. The Hall–Kier alpha value is -3.15. The molecule has 12 heteroatoms. The van der Waals surface area contributed by atoms with E-state index in [2.05, 4.69) is 9.97 Å². The first-order valence-electron chi connectivity index (χ1n) is 9.36. The Morgan fingerprint density at radius 2 is 2.13 bits per heavy atom. The number of aromatic nitrogens is 3. The molecule has 168 valence electrons. The minimum Gasteiger partial charge on any atom is -0.486 e. The largest absolute Gasteiger partial charge is 0.490 e. The van der Waals surface area contributed by atoms with Gasteiger partial charge in [-0.3, -0.25) is 9.78 Å². The predicted molar refractivity (Wildman–Crippen MR) is 99.4 cm³/mol. The Kier molecular flexibility index (Phi) is 6.48. The Balaban J connectivity index is 0.000000339. The van der Waals surface area contributed by atoms with Gasteiger partial charge in [0.2, 0.25) is 0 Å². The van der Waals surface area contributed by atoms with E-state index in [0.717, 1.165) is 18.6 Å². The van der Waals surface area contributed by atoms with Gasteiger partial charge in [0.15, 0.2) is 0 Å². The highest BCUT2D eigenvalue weighted by molar-refractivity contribution is 5.92. The van der Waals surface area contributed by atoms with Gasteiger partial charge < -0.3 is 24.0 Å². The van der Waals surface area contributed by atoms with Gasteiger partial charge in [-0.2, -0.15) is 13.2 Å². The Morgan fingerprint density at radius 3 is 2.71 bits per heavy atom. The van der Waals surface area contributed by atoms with Gasteiger partial charge in [-0.1, -0.05) is 0 Å². The number of nitrogens with zero attached hydrogens (tertiary/aromatic N) is 4. The van der Waals surface area contributed by atoms with Crippen LogP contribution in [0.2, 0.25) is 0 Å². The molecule has 0 bridgehead atoms. The van der Waals surface area contributed by atoms with Crippen LogP contribution in [0.25, 0.3) is 0 Å². The van der Waals surface area contributed by atoms with Crippen LogP contribution >= 0.6 is 0 Å². The molecule has 0 aliphatic carbocycles. The van der Waals surface area contributed by atoms with Gasteiger partial charge in [-0.25, -0.2) is 9.78 Å². The van der Waals surface area contributed by atoms with E-state index in [-0.39, 0.29) is 17.6 Å². The summed E-state index contributed by atoms with van der Waals surface area (Å²) in [5, 5.41) is 7.12. The van der Waals surface area contributed by atoms with E-state index < -0.39 is 12.1 Å². The van der Waals surface area contributed by atoms with Crippen LogP contribution in [0.15, 0.2) is 37.1 Å². The number of hydrogen-bond donors (Lipinski definition) is 1. The second kappa shape index (κ2) is 8.92. The molecule has 2 aliphatic heterocycles. The number of aryl methyl sites for hydroxylation is 1. The third-order valence-electron chi connectivity index (χ3n) is 4.88. The number of aliphatic carboxylic acids is 1. The van der Waals surface area contributed by atoms with Crippen LogP contribution in [0, 0.1) is 0 Å². The molecule has 2 unspecified atom stereocenters. The third-order valence-corrected chi connectivity index (χ3v) is 4.88. The number of carboxylic acids is 1. The number of ether oxygens (including phenoxy) is 2. The molecule has 1 N–H and O–H groups in total. The minimum atomic E-state index is -5.08. The third kappa shape index (κ3) is 5.72. The van der Waals surface area contributed by atoms with E-state index >= 15 is 0 Å². The SMILES string of the molecule is Cn1cnc(C(=O)N2CCC3(CC(Oc4cccnc4)CO3)C2)c1.O=C(O)C(F)(F)F. The molecule has 2 aromatic rings. The van der Waals surface area contributed by atoms with Crippen molar-refractivity contribution in [1.82, 2.24) is 19.4 Å². The van der Waals surface area contributed by atoms with E-state index in [1.165, 1.54) is 0 Å². The van der Waals surface area contributed by atoms with Gasteiger partial charge in [0, 0.05) is 32.4 Å². The molecule has 4 heterocycles. The summed E-state index contributed by atoms with van der Waals surface area (Å²) >= 11 is 0. The zero-order valence-electron chi connectivity index (χ0n) is 16.6. The van der Waals surface area contributed by atoms with Crippen LogP contribution in [-0.2, 0) is 16.6 Å². The number of amides is 1. The molecule has 2 saturated heterocycles. The molecule has 2 aromatic heterocycles. The minimum absolute atomic E-state index is 0.000831. The topological polar surface area (TPSA) is 107 Å². The first kappa shape index (κ1) is 22.5. The van der Waals surface area contributed by atoms with Gasteiger partial charge in [0.05, 0.1) is 31.3 Å². The molecule has 1 amide bonds. The van der Waals surface area contributed by atoms with Gasteiger partial charge in [0.1, 0.15) is 17.5 Å². The maximum Gasteiger partial charge on any atom is 0.490 e. The average Bonchev–Trinajstić information content (AvgIpc) is 3.43. The maximum atomic E-state index is 12.5. The Bertz CT molecular complexity index is 921. The number of carboxylic acid groups (broad SMARTS) is 1. The number of halogens is 3. The molecule has 0 aromatic carbocycles. The van der Waals surface area contributed by atoms with Crippen molar-refractivity contribution >= 4 is 11.9 Å². The van der Waals surface area contributed by atoms with Gasteiger partial charge in [-0.15, -0.1) is 0 Å². The second-order valence-corrected chi connectivity index (χ2v) is 7.33. The predicted octanol–water partition coefficient (Wildman–Crippen LogP) is 1.90. The van der Waals surface area contributed by atoms with Gasteiger partial charge in [-0.05, 0) is 18.6 Å². The normalized spacial score (nSPS) is 22.8. The van der Waals surface area contributed by atoms with Crippen LogP contribution in [0.4, 0.5) is 13.2 Å². The van der Waals surface area contributed by atoms with Crippen molar-refractivity contribution in [2.45, 2.75) is 30.7 Å². The number of imidazole rings is 1. The first-order chi connectivity index (χ1) is 14.6. The molecular weight excluding hydrogens is 421 g/mol. The van der Waals surface area contributed by atoms with Gasteiger partial charge >= 0.3 is 12.1 Å². The standard InChI is InChI=1S/C17H20N4O3.C2HF3O2/c1-20-9-15(19-12-20)16(22)21-6-4-17(11-21)7-14(10-23-17)24-13-3-2-5-18-8-13;3-2(4,5)1(6)7/h2-3,5,8-9,12,14H,4,6-7,10-11H2,1H3;(H,6,7). The number of likely N-dealkylation sites (tertiary alicyclic amines) is 1. The highest BCUT2D eigenvalue weighted by atomic mass is 19.4. The zero-order chi connectivity index (χ0) is 22.6. The van der Waals surface area contributed by atoms with E-state index in [4.69, 9.17) is 19.4 Å². The number of rotatable bonds is 3. The fourth-order valence-corrected chi connectivity index (χ4v) is 3.48. The van der Waals surface area contributed by atoms with Crippen LogP contribution in [0.3, 0.4) is 0 Å². The molecule has 2 aliphatic rings. The van der Waals surface area contributed by atoms with E-state index in [1.54, 1.807) is 29.5 Å². The number of alkyl halides is 3. The molecule has 31 heavy (non-hydrogen) atoms. The summed E-state index contributed by atoms with van der Waals surface area (Å²) in [5.41, 5.74) is 0.188. The van der Waals surface area contributed by atoms with Crippen LogP contribution < -0.4 is 4.74 Å². The summed E-state index contributed by atoms with van der Waals surface area (Å²) in [5.74, 6) is -2.04. The average molecular weight is 442 g/mol. The first-order valence-corrected chi connectivity index (χ1v) is 9.36. The van der Waals surface area contributed by atoms with Crippen molar-refractivity contribution in [3.8, 4) is 5.75 Å². The lowest BCUT2D eigenvalue weighted by atomic mass is 9.98. The van der Waals surface area contributed by atoms with Crippen LogP contribution in [-0.4, -0.2) is 74.0 Å². The molecule has 0 saturated carbocycles. The summed E-state index contributed by atoms with van der Waals surface area (Å²) in [6.45, 7) is 1.82. The van der Waals surface area contributed by atoms with Gasteiger partial charge in [0.25, 0.3) is 5.91 Å². The monoisotopic (exact) mass is 442 g/mol. The lowest BCUT2D eigenvalue weighted by molar-refractivity contribution is -0.192. The summed E-state index contributed by atoms with van der Waals surface area (Å²) < 4.78 is 45.5. The number of pyridine rings is 1. The quantitative estimate of drug-likeness (QED) is 0.774. The molecule has 1 spiro atoms. The Labute approximate surface area is 175 Å². The van der Waals surface area contributed by atoms with E-state index in [0.29, 0.717) is 25.4 Å². The molecule has 9 nitrogen and oxygen atoms in total. The van der Waals surface area contributed by atoms with Crippen LogP contribution in [0.5, 0.6) is 5.75 Å². The van der Waals surface area contributed by atoms with E-state index in [9.17, 15) is 18.0 Å². The van der Waals surface area contributed by atoms with E-state index in [1.807, 2.05) is 24.1 Å². The summed E-state index contributed by atoms with van der Waals surface area (Å²) in [4.78, 5) is 31.5. The summed E-state index contributed by atoms with van der Waals surface area (Å²) in [6.07, 6.45) is 3.35. The lowest BCUT2D eigenvalue weighted by Gasteiger charge is -2.23. The zero-order valence-corrected chi connectivity index (χ0v) is 16.6. The molecule has 4 rings (SSSR count). The molecule has 2 fully saturated rings. The van der Waals surface area contributed by atoms with Crippen molar-refractivity contribution in [3.05, 3.63) is 42.7 Å². The molecule has 2 atom stereocenters. The number of carbonyl (C=O) groups is 2. The van der Waals surface area contributed by atoms with Crippen molar-refractivity contribution in [3.63, 3.8) is 0 Å². The number of carbonyl (C=O) groups excluding carboxylic acids is 1. The lowest BCUT2D eigenvalue weighted by Crippen LogP contribution is -2.36. The summed E-state index contributed by atoms with van der Waals surface area (Å²) in [6, 6.07) is 3.74. The Morgan fingerprint density at radius 1 is 1.39 bits per heavy atom. The summed E-state index contributed by atoms with van der Waals surface area (Å²) in [7, 11) is 1.86. The van der Waals surface area contributed by atoms with Crippen molar-refractivity contribution in [2.24, 2.45) is 7.05 Å². The van der Waals surface area contributed by atoms with Crippen molar-refractivity contribution < 1.29 is 37.3 Å². The van der Waals surface area contributed by atoms with Crippen molar-refractivity contribution in [1.29, 1.82) is 0 Å². The fraction of sp³-hybridized carbons (Fsp3) is 0.474.